The summed E-state index contributed by atoms with van der Waals surface area (Å²) in [6.45, 7) is 11.9. The van der Waals surface area contributed by atoms with Gasteiger partial charge in [-0.15, -0.1) is 6.58 Å². The van der Waals surface area contributed by atoms with Crippen LogP contribution in [0.2, 0.25) is 0 Å². The van der Waals surface area contributed by atoms with Crippen LogP contribution in [0.3, 0.4) is 0 Å². The van der Waals surface area contributed by atoms with Gasteiger partial charge < -0.3 is 16.0 Å². The van der Waals surface area contributed by atoms with Gasteiger partial charge in [0.2, 0.25) is 5.95 Å². The average Bonchev–Trinajstić information content (AvgIpc) is 2.74. The first kappa shape index (κ1) is 19.1. The fourth-order valence-corrected chi connectivity index (χ4v) is 3.27. The van der Waals surface area contributed by atoms with Gasteiger partial charge in [-0.1, -0.05) is 37.8 Å². The number of nitrogens with zero attached hydrogens (tertiary/aromatic N) is 3. The SMILES string of the molecule is C=CCC/C=C(\C)Sc1c(C)c2c(N)nc(N)nc2n1C.CC. The van der Waals surface area contributed by atoms with Crippen molar-refractivity contribution in [3.05, 3.63) is 29.2 Å². The number of hydrogen-bond acceptors (Lipinski definition) is 5. The van der Waals surface area contributed by atoms with E-state index < -0.39 is 0 Å². The highest BCUT2D eigenvalue weighted by Crippen LogP contribution is 2.36. The first-order valence-electron chi connectivity index (χ1n) is 7.79. The zero-order valence-electron chi connectivity index (χ0n) is 14.7. The highest BCUT2D eigenvalue weighted by atomic mass is 32.2. The summed E-state index contributed by atoms with van der Waals surface area (Å²) >= 11 is 1.71. The average molecular weight is 334 g/mol. The molecule has 5 nitrogen and oxygen atoms in total. The molecule has 2 heterocycles. The molecular weight excluding hydrogens is 306 g/mol. The minimum absolute atomic E-state index is 0.204. The van der Waals surface area contributed by atoms with E-state index in [4.69, 9.17) is 11.5 Å². The lowest BCUT2D eigenvalue weighted by Gasteiger charge is -2.05. The fraction of sp³-hybridized carbons (Fsp3) is 0.412. The lowest BCUT2D eigenvalue weighted by molar-refractivity contribution is 0.840. The van der Waals surface area contributed by atoms with Crippen LogP contribution in [0.1, 0.15) is 39.2 Å². The number of hydrogen-bond donors (Lipinski definition) is 2. The molecule has 0 aliphatic carbocycles. The molecule has 126 valence electrons. The molecule has 23 heavy (non-hydrogen) atoms. The number of unbranched alkanes of at least 4 members (excludes halogenated alkanes) is 1. The van der Waals surface area contributed by atoms with Crippen LogP contribution >= 0.6 is 11.8 Å². The number of anilines is 2. The number of nitrogens with two attached hydrogens (primary N) is 2. The molecule has 0 spiro atoms. The third-order valence-corrected chi connectivity index (χ3v) is 4.58. The number of thioether (sulfide) groups is 1. The number of rotatable bonds is 5. The van der Waals surface area contributed by atoms with Crippen molar-refractivity contribution in [1.82, 2.24) is 14.5 Å². The van der Waals surface area contributed by atoms with Crippen LogP contribution in [-0.2, 0) is 7.05 Å². The zero-order valence-corrected chi connectivity index (χ0v) is 15.5. The Balaban J connectivity index is 0.00000127. The third kappa shape index (κ3) is 4.28. The Kier molecular flexibility index (Phi) is 7.16. The van der Waals surface area contributed by atoms with Gasteiger partial charge >= 0.3 is 0 Å². The van der Waals surface area contributed by atoms with Crippen LogP contribution in [0.15, 0.2) is 28.7 Å². The smallest absolute Gasteiger partial charge is 0.223 e. The Bertz CT molecular complexity index is 716. The quantitative estimate of drug-likeness (QED) is 0.480. The number of fused-ring (bicyclic) bond motifs is 1. The Morgan fingerprint density at radius 1 is 1.26 bits per heavy atom. The van der Waals surface area contributed by atoms with Crippen molar-refractivity contribution in [1.29, 1.82) is 0 Å². The van der Waals surface area contributed by atoms with E-state index in [2.05, 4.69) is 29.5 Å². The molecule has 0 saturated carbocycles. The molecule has 0 fully saturated rings. The van der Waals surface area contributed by atoms with Gasteiger partial charge in [0.25, 0.3) is 0 Å². The predicted molar refractivity (Wildman–Crippen MR) is 102 cm³/mol. The van der Waals surface area contributed by atoms with Crippen molar-refractivity contribution < 1.29 is 0 Å². The number of nitrogen functional groups attached to an aromatic ring is 2. The Labute approximate surface area is 142 Å². The van der Waals surface area contributed by atoms with Gasteiger partial charge in [-0.2, -0.15) is 9.97 Å². The molecule has 6 heteroatoms. The van der Waals surface area contributed by atoms with Crippen molar-refractivity contribution in [2.45, 2.75) is 45.6 Å². The van der Waals surface area contributed by atoms with Crippen LogP contribution in [-0.4, -0.2) is 14.5 Å². The van der Waals surface area contributed by atoms with E-state index in [0.29, 0.717) is 5.82 Å². The van der Waals surface area contributed by atoms with Crippen LogP contribution < -0.4 is 11.5 Å². The zero-order chi connectivity index (χ0) is 17.6. The molecule has 4 N–H and O–H groups in total. The Morgan fingerprint density at radius 2 is 1.91 bits per heavy atom. The second-order valence-corrected chi connectivity index (χ2v) is 6.17. The summed E-state index contributed by atoms with van der Waals surface area (Å²) in [7, 11) is 1.97. The van der Waals surface area contributed by atoms with Crippen molar-refractivity contribution in [3.63, 3.8) is 0 Å². The van der Waals surface area contributed by atoms with E-state index in [9.17, 15) is 0 Å². The van der Waals surface area contributed by atoms with Gasteiger partial charge in [0, 0.05) is 7.05 Å². The molecule has 2 aromatic heterocycles. The number of allylic oxidation sites excluding steroid dienone is 3. The standard InChI is InChI=1S/C15H21N5S.C2H6/c1-5-6-7-8-9(2)21-14-10(3)11-12(16)18-15(17)19-13(11)20(14)4;1-2/h5,8H,1,6-7H2,2-4H3,(H4,16,17,18,19);1-2H3/b9-8+;. The van der Waals surface area contributed by atoms with E-state index in [1.165, 1.54) is 4.91 Å². The summed E-state index contributed by atoms with van der Waals surface area (Å²) in [6.07, 6.45) is 6.13. The van der Waals surface area contributed by atoms with E-state index in [1.54, 1.807) is 11.8 Å². The summed E-state index contributed by atoms with van der Waals surface area (Å²) in [5, 5.41) is 2.00. The summed E-state index contributed by atoms with van der Waals surface area (Å²) in [4.78, 5) is 9.60. The molecule has 0 aromatic carbocycles. The van der Waals surface area contributed by atoms with Gasteiger partial charge in [0.15, 0.2) is 0 Å². The molecule has 0 saturated heterocycles. The molecular formula is C17H27N5S. The highest BCUT2D eigenvalue weighted by Gasteiger charge is 2.17. The highest BCUT2D eigenvalue weighted by molar-refractivity contribution is 8.03. The molecule has 0 amide bonds. The van der Waals surface area contributed by atoms with Gasteiger partial charge in [0.1, 0.15) is 11.5 Å². The number of aryl methyl sites for hydroxylation is 2. The third-order valence-electron chi connectivity index (χ3n) is 3.31. The topological polar surface area (TPSA) is 82.8 Å². The van der Waals surface area contributed by atoms with Gasteiger partial charge in [-0.05, 0) is 37.2 Å². The molecule has 2 rings (SSSR count). The molecule has 0 bridgehead atoms. The lowest BCUT2D eigenvalue weighted by Crippen LogP contribution is -2.01. The van der Waals surface area contributed by atoms with Crippen molar-refractivity contribution in [3.8, 4) is 0 Å². The Morgan fingerprint density at radius 3 is 2.52 bits per heavy atom. The predicted octanol–water partition coefficient (Wildman–Crippen LogP) is 4.43. The van der Waals surface area contributed by atoms with Crippen molar-refractivity contribution in [2.24, 2.45) is 7.05 Å². The second kappa shape index (κ2) is 8.62. The molecule has 0 aliphatic rings. The van der Waals surface area contributed by atoms with Gasteiger partial charge in [-0.25, -0.2) is 0 Å². The molecule has 0 radical (unpaired) electrons. The van der Waals surface area contributed by atoms with E-state index in [0.717, 1.165) is 34.5 Å². The summed E-state index contributed by atoms with van der Waals surface area (Å²) in [6, 6.07) is 0. The number of aromatic nitrogens is 3. The first-order chi connectivity index (χ1) is 11.0. The first-order valence-corrected chi connectivity index (χ1v) is 8.60. The fourth-order valence-electron chi connectivity index (χ4n) is 2.28. The van der Waals surface area contributed by atoms with Crippen molar-refractivity contribution >= 4 is 34.6 Å². The maximum atomic E-state index is 5.99. The summed E-state index contributed by atoms with van der Waals surface area (Å²) in [5.74, 6) is 0.640. The lowest BCUT2D eigenvalue weighted by atomic mass is 10.2. The monoisotopic (exact) mass is 333 g/mol. The molecule has 0 unspecified atom stereocenters. The second-order valence-electron chi connectivity index (χ2n) is 4.94. The van der Waals surface area contributed by atoms with Crippen LogP contribution in [0.5, 0.6) is 0 Å². The molecule has 2 aromatic rings. The normalized spacial score (nSPS) is 11.3. The van der Waals surface area contributed by atoms with E-state index in [1.807, 2.05) is 38.5 Å². The van der Waals surface area contributed by atoms with Gasteiger partial charge in [-0.3, -0.25) is 0 Å². The van der Waals surface area contributed by atoms with Crippen molar-refractivity contribution in [2.75, 3.05) is 11.5 Å². The van der Waals surface area contributed by atoms with Gasteiger partial charge in [0.05, 0.1) is 10.4 Å². The summed E-state index contributed by atoms with van der Waals surface area (Å²) < 4.78 is 2.02. The Hall–Kier alpha value is -1.95. The largest absolute Gasteiger partial charge is 0.383 e. The molecule has 0 aliphatic heterocycles. The van der Waals surface area contributed by atoms with Crippen LogP contribution in [0.25, 0.3) is 11.0 Å². The maximum absolute atomic E-state index is 5.99. The molecule has 0 atom stereocenters. The van der Waals surface area contributed by atoms with E-state index >= 15 is 0 Å². The minimum atomic E-state index is 0.204. The van der Waals surface area contributed by atoms with E-state index in [-0.39, 0.29) is 5.95 Å². The minimum Gasteiger partial charge on any atom is -0.383 e. The van der Waals surface area contributed by atoms with Crippen LogP contribution in [0.4, 0.5) is 11.8 Å². The maximum Gasteiger partial charge on any atom is 0.223 e. The summed E-state index contributed by atoms with van der Waals surface area (Å²) in [5.41, 5.74) is 13.5. The van der Waals surface area contributed by atoms with Crippen LogP contribution in [0, 0.1) is 6.92 Å².